The minimum Gasteiger partial charge on any atom is -0.368 e. The highest BCUT2D eigenvalue weighted by Gasteiger charge is 2.64. The summed E-state index contributed by atoms with van der Waals surface area (Å²) < 4.78 is 0. The zero-order valence-electron chi connectivity index (χ0n) is 10.2. The fourth-order valence-electron chi connectivity index (χ4n) is 2.48. The van der Waals surface area contributed by atoms with Crippen molar-refractivity contribution in [3.63, 3.8) is 0 Å². The second-order valence-corrected chi connectivity index (χ2v) is 6.00. The lowest BCUT2D eigenvalue weighted by molar-refractivity contribution is 0.457. The van der Waals surface area contributed by atoms with Crippen molar-refractivity contribution in [2.24, 2.45) is 16.7 Å². The quantitative estimate of drug-likeness (QED) is 0.880. The summed E-state index contributed by atoms with van der Waals surface area (Å²) in [5.41, 5.74) is 0.777. The molecule has 2 rings (SSSR count). The van der Waals surface area contributed by atoms with Gasteiger partial charge in [0.1, 0.15) is 17.2 Å². The third kappa shape index (κ3) is 1.67. The summed E-state index contributed by atoms with van der Waals surface area (Å²) in [5.74, 6) is 1.39. The van der Waals surface area contributed by atoms with E-state index in [9.17, 15) is 0 Å². The molecule has 1 aliphatic carbocycles. The maximum absolute atomic E-state index is 5.98. The summed E-state index contributed by atoms with van der Waals surface area (Å²) in [4.78, 5) is 7.98. The van der Waals surface area contributed by atoms with E-state index in [0.717, 1.165) is 12.4 Å². The third-order valence-electron chi connectivity index (χ3n) is 4.46. The van der Waals surface area contributed by atoms with Crippen LogP contribution in [0.3, 0.4) is 0 Å². The molecule has 0 unspecified atom stereocenters. The van der Waals surface area contributed by atoms with Crippen LogP contribution in [-0.4, -0.2) is 16.5 Å². The van der Waals surface area contributed by atoms with E-state index in [1.807, 2.05) is 0 Å². The van der Waals surface area contributed by atoms with Crippen LogP contribution in [0, 0.1) is 16.7 Å². The standard InChI is InChI=1S/C12H18ClN3/c1-11(2)9(12(11,3)4)6-15-10-8(13)5-14-7-16-10/h5,7,9H,6H2,1-4H3,(H,14,15,16). The molecule has 0 amide bonds. The van der Waals surface area contributed by atoms with Gasteiger partial charge in [0, 0.05) is 6.54 Å². The largest absolute Gasteiger partial charge is 0.368 e. The summed E-state index contributed by atoms with van der Waals surface area (Å²) >= 11 is 5.98. The fourth-order valence-corrected chi connectivity index (χ4v) is 2.66. The average molecular weight is 240 g/mol. The van der Waals surface area contributed by atoms with Crippen molar-refractivity contribution in [1.82, 2.24) is 9.97 Å². The van der Waals surface area contributed by atoms with Crippen molar-refractivity contribution in [2.45, 2.75) is 27.7 Å². The Morgan fingerprint density at radius 3 is 2.44 bits per heavy atom. The summed E-state index contributed by atoms with van der Waals surface area (Å²) in [7, 11) is 0. The Labute approximate surface area is 102 Å². The Morgan fingerprint density at radius 1 is 1.31 bits per heavy atom. The molecule has 0 bridgehead atoms. The van der Waals surface area contributed by atoms with Crippen LogP contribution in [0.25, 0.3) is 0 Å². The molecule has 1 heterocycles. The second kappa shape index (κ2) is 3.59. The van der Waals surface area contributed by atoms with Crippen LogP contribution in [0.5, 0.6) is 0 Å². The Balaban J connectivity index is 1.98. The van der Waals surface area contributed by atoms with Gasteiger partial charge in [-0.1, -0.05) is 39.3 Å². The van der Waals surface area contributed by atoms with Gasteiger partial charge in [0.2, 0.25) is 0 Å². The molecule has 0 spiro atoms. The summed E-state index contributed by atoms with van der Waals surface area (Å²) in [5, 5.41) is 3.89. The first-order valence-corrected chi connectivity index (χ1v) is 5.94. The normalized spacial score (nSPS) is 21.8. The molecule has 0 saturated heterocycles. The minimum absolute atomic E-state index is 0.388. The van der Waals surface area contributed by atoms with Crippen LogP contribution < -0.4 is 5.32 Å². The zero-order valence-corrected chi connectivity index (χ0v) is 11.0. The first kappa shape index (κ1) is 11.6. The highest BCUT2D eigenvalue weighted by molar-refractivity contribution is 6.32. The zero-order chi connectivity index (χ0) is 12.0. The van der Waals surface area contributed by atoms with E-state index < -0.39 is 0 Å². The van der Waals surface area contributed by atoms with Gasteiger partial charge in [0.25, 0.3) is 0 Å². The molecule has 16 heavy (non-hydrogen) atoms. The Hall–Kier alpha value is -0.830. The smallest absolute Gasteiger partial charge is 0.148 e. The van der Waals surface area contributed by atoms with Gasteiger partial charge in [-0.05, 0) is 16.7 Å². The van der Waals surface area contributed by atoms with E-state index >= 15 is 0 Å². The number of rotatable bonds is 3. The van der Waals surface area contributed by atoms with E-state index in [0.29, 0.717) is 21.8 Å². The van der Waals surface area contributed by atoms with E-state index in [1.54, 1.807) is 6.20 Å². The Morgan fingerprint density at radius 2 is 1.94 bits per heavy atom. The number of hydrogen-bond donors (Lipinski definition) is 1. The summed E-state index contributed by atoms with van der Waals surface area (Å²) in [6, 6.07) is 0. The maximum atomic E-state index is 5.98. The summed E-state index contributed by atoms with van der Waals surface area (Å²) in [6.07, 6.45) is 3.12. The van der Waals surface area contributed by atoms with Crippen LogP contribution in [0.1, 0.15) is 27.7 Å². The summed E-state index contributed by atoms with van der Waals surface area (Å²) in [6.45, 7) is 10.1. The average Bonchev–Trinajstić information content (AvgIpc) is 2.58. The predicted molar refractivity (Wildman–Crippen MR) is 66.6 cm³/mol. The molecule has 1 saturated carbocycles. The molecule has 0 atom stereocenters. The van der Waals surface area contributed by atoms with Crippen LogP contribution >= 0.6 is 11.6 Å². The van der Waals surface area contributed by atoms with Gasteiger partial charge < -0.3 is 5.32 Å². The fraction of sp³-hybridized carbons (Fsp3) is 0.667. The lowest BCUT2D eigenvalue weighted by Gasteiger charge is -2.07. The van der Waals surface area contributed by atoms with Crippen molar-refractivity contribution < 1.29 is 0 Å². The molecular formula is C12H18ClN3. The second-order valence-electron chi connectivity index (χ2n) is 5.60. The number of anilines is 1. The van der Waals surface area contributed by atoms with Crippen molar-refractivity contribution in [3.8, 4) is 0 Å². The van der Waals surface area contributed by atoms with Gasteiger partial charge in [-0.25, -0.2) is 9.97 Å². The first-order valence-electron chi connectivity index (χ1n) is 5.57. The van der Waals surface area contributed by atoms with Gasteiger partial charge in [0.05, 0.1) is 6.20 Å². The molecule has 1 fully saturated rings. The van der Waals surface area contributed by atoms with Gasteiger partial charge in [0.15, 0.2) is 0 Å². The molecule has 88 valence electrons. The van der Waals surface area contributed by atoms with Gasteiger partial charge >= 0.3 is 0 Å². The molecule has 1 aromatic rings. The van der Waals surface area contributed by atoms with Crippen LogP contribution in [0.4, 0.5) is 5.82 Å². The molecule has 1 aliphatic rings. The lowest BCUT2D eigenvalue weighted by Crippen LogP contribution is -2.09. The molecule has 3 nitrogen and oxygen atoms in total. The maximum Gasteiger partial charge on any atom is 0.148 e. The molecule has 0 aromatic carbocycles. The van der Waals surface area contributed by atoms with Crippen molar-refractivity contribution in [3.05, 3.63) is 17.5 Å². The third-order valence-corrected chi connectivity index (χ3v) is 4.74. The van der Waals surface area contributed by atoms with Gasteiger partial charge in [-0.3, -0.25) is 0 Å². The SMILES string of the molecule is CC1(C)C(CNc2ncncc2Cl)C1(C)C. The van der Waals surface area contributed by atoms with Gasteiger partial charge in [-0.2, -0.15) is 0 Å². The number of aromatic nitrogens is 2. The number of halogens is 1. The number of hydrogen-bond acceptors (Lipinski definition) is 3. The Kier molecular flexibility index (Phi) is 2.61. The topological polar surface area (TPSA) is 37.8 Å². The minimum atomic E-state index is 0.388. The molecular weight excluding hydrogens is 222 g/mol. The lowest BCUT2D eigenvalue weighted by atomic mass is 10.0. The van der Waals surface area contributed by atoms with E-state index in [-0.39, 0.29) is 0 Å². The first-order chi connectivity index (χ1) is 7.37. The van der Waals surface area contributed by atoms with E-state index in [2.05, 4.69) is 43.0 Å². The van der Waals surface area contributed by atoms with Crippen LogP contribution in [0.2, 0.25) is 5.02 Å². The molecule has 4 heteroatoms. The molecule has 0 radical (unpaired) electrons. The molecule has 1 aromatic heterocycles. The van der Waals surface area contributed by atoms with Crippen LogP contribution in [-0.2, 0) is 0 Å². The molecule has 0 aliphatic heterocycles. The highest BCUT2D eigenvalue weighted by Crippen LogP contribution is 2.68. The number of nitrogens with zero attached hydrogens (tertiary/aromatic N) is 2. The van der Waals surface area contributed by atoms with Crippen LogP contribution in [0.15, 0.2) is 12.5 Å². The Bertz CT molecular complexity index is 387. The van der Waals surface area contributed by atoms with Crippen molar-refractivity contribution in [2.75, 3.05) is 11.9 Å². The predicted octanol–water partition coefficient (Wildman–Crippen LogP) is 3.22. The monoisotopic (exact) mass is 239 g/mol. The molecule has 1 N–H and O–H groups in total. The van der Waals surface area contributed by atoms with Crippen molar-refractivity contribution >= 4 is 17.4 Å². The highest BCUT2D eigenvalue weighted by atomic mass is 35.5. The number of nitrogens with one attached hydrogen (secondary N) is 1. The van der Waals surface area contributed by atoms with Crippen molar-refractivity contribution in [1.29, 1.82) is 0 Å². The van der Waals surface area contributed by atoms with E-state index in [4.69, 9.17) is 11.6 Å². The van der Waals surface area contributed by atoms with Gasteiger partial charge in [-0.15, -0.1) is 0 Å². The van der Waals surface area contributed by atoms with E-state index in [1.165, 1.54) is 6.33 Å².